The fourth-order valence-electron chi connectivity index (χ4n) is 7.66. The minimum absolute atomic E-state index is 0.258. The molecule has 0 aromatic heterocycles. The summed E-state index contributed by atoms with van der Waals surface area (Å²) in [6.45, 7) is 3.70. The molecule has 0 aliphatic heterocycles. The molecule has 1 aliphatic carbocycles. The Hall–Kier alpha value is -1.48. The number of amides is 1. The van der Waals surface area contributed by atoms with Crippen molar-refractivity contribution in [2.24, 2.45) is 0 Å². The Balaban J connectivity index is 2.46. The SMILES string of the molecule is CCCCCCC/C=C/CC/C=C/C(O)C(COP(=O)(O)OC1C(O)C(O)C(O)C(O)C1O)NC(=O)CC(O)CCCCCCC/C=C\CCCCCCCCCCCCCC. The number of allylic oxidation sites excluding steroid dienone is 5. The van der Waals surface area contributed by atoms with Crippen LogP contribution in [0.5, 0.6) is 0 Å². The van der Waals surface area contributed by atoms with Crippen LogP contribution in [0, 0.1) is 0 Å². The topological polar surface area (TPSA) is 226 Å². The molecule has 0 radical (unpaired) electrons. The maximum atomic E-state index is 13.0. The lowest BCUT2D eigenvalue weighted by molar-refractivity contribution is -0.220. The van der Waals surface area contributed by atoms with Gasteiger partial charge in [0.15, 0.2) is 0 Å². The molecule has 0 bridgehead atoms. The summed E-state index contributed by atoms with van der Waals surface area (Å²) in [5, 5.41) is 74.4. The Morgan fingerprint density at radius 2 is 0.952 bits per heavy atom. The summed E-state index contributed by atoms with van der Waals surface area (Å²) in [4.78, 5) is 23.4. The fourth-order valence-corrected chi connectivity index (χ4v) is 8.63. The van der Waals surface area contributed by atoms with Crippen LogP contribution >= 0.6 is 7.82 Å². The summed E-state index contributed by atoms with van der Waals surface area (Å²) in [5.41, 5.74) is 0. The molecule has 1 amide bonds. The first-order valence-corrected chi connectivity index (χ1v) is 26.0. The normalized spacial score (nSPS) is 23.3. The van der Waals surface area contributed by atoms with Gasteiger partial charge in [-0.25, -0.2) is 4.57 Å². The highest BCUT2D eigenvalue weighted by Crippen LogP contribution is 2.47. The van der Waals surface area contributed by atoms with Gasteiger partial charge in [0.25, 0.3) is 0 Å². The average molecular weight is 904 g/mol. The summed E-state index contributed by atoms with van der Waals surface area (Å²) >= 11 is 0. The zero-order valence-corrected chi connectivity index (χ0v) is 39.4. The van der Waals surface area contributed by atoms with E-state index in [1.54, 1.807) is 6.08 Å². The predicted molar refractivity (Wildman–Crippen MR) is 247 cm³/mol. The summed E-state index contributed by atoms with van der Waals surface area (Å²) in [7, 11) is -5.15. The molecule has 8 atom stereocenters. The molecule has 13 nitrogen and oxygen atoms in total. The van der Waals surface area contributed by atoms with E-state index < -0.39 is 75.2 Å². The molecule has 0 aromatic rings. The number of nitrogens with one attached hydrogen (secondary N) is 1. The van der Waals surface area contributed by atoms with Gasteiger partial charge in [-0.15, -0.1) is 0 Å². The molecule has 1 rings (SSSR count). The van der Waals surface area contributed by atoms with Crippen molar-refractivity contribution in [3.8, 4) is 0 Å². The lowest BCUT2D eigenvalue weighted by Gasteiger charge is -2.41. The van der Waals surface area contributed by atoms with E-state index in [1.165, 1.54) is 109 Å². The maximum absolute atomic E-state index is 13.0. The van der Waals surface area contributed by atoms with E-state index in [1.807, 2.05) is 0 Å². The van der Waals surface area contributed by atoms with E-state index in [9.17, 15) is 50.0 Å². The first-order chi connectivity index (χ1) is 29.8. The van der Waals surface area contributed by atoms with Gasteiger partial charge in [-0.05, 0) is 57.8 Å². The lowest BCUT2D eigenvalue weighted by Crippen LogP contribution is -2.64. The van der Waals surface area contributed by atoms with Crippen LogP contribution in [0.15, 0.2) is 36.5 Å². The Kier molecular flexibility index (Phi) is 35.6. The van der Waals surface area contributed by atoms with Crippen LogP contribution in [0.25, 0.3) is 0 Å². The smallest absolute Gasteiger partial charge is 0.393 e. The number of carbonyl (C=O) groups is 1. The zero-order chi connectivity index (χ0) is 45.9. The molecule has 1 aliphatic rings. The highest BCUT2D eigenvalue weighted by Gasteiger charge is 2.51. The third-order valence-electron chi connectivity index (χ3n) is 11.7. The van der Waals surface area contributed by atoms with Gasteiger partial charge in [0.2, 0.25) is 5.91 Å². The van der Waals surface area contributed by atoms with Crippen LogP contribution < -0.4 is 5.32 Å². The van der Waals surface area contributed by atoms with E-state index in [-0.39, 0.29) is 6.42 Å². The third kappa shape index (κ3) is 29.1. The van der Waals surface area contributed by atoms with E-state index in [2.05, 4.69) is 43.5 Å². The van der Waals surface area contributed by atoms with Crippen LogP contribution in [0.2, 0.25) is 0 Å². The monoisotopic (exact) mass is 904 g/mol. The Morgan fingerprint density at radius 1 is 0.565 bits per heavy atom. The number of aliphatic hydroxyl groups excluding tert-OH is 7. The van der Waals surface area contributed by atoms with Crippen molar-refractivity contribution in [3.05, 3.63) is 36.5 Å². The molecule has 8 unspecified atom stereocenters. The van der Waals surface area contributed by atoms with Gasteiger partial charge in [0, 0.05) is 0 Å². The van der Waals surface area contributed by atoms with Crippen LogP contribution in [-0.2, 0) is 18.4 Å². The van der Waals surface area contributed by atoms with Gasteiger partial charge in [-0.2, -0.15) is 0 Å². The molecule has 0 saturated heterocycles. The second-order valence-corrected chi connectivity index (χ2v) is 18.9. The quantitative estimate of drug-likeness (QED) is 0.0160. The first kappa shape index (κ1) is 58.5. The standard InChI is InChI=1S/C48H90NO12P/c1-3-5-7-9-11-13-15-16-17-18-19-20-21-22-23-24-26-27-29-31-33-35-39(50)37-42(52)49-40(41(51)36-34-32-30-28-25-14-12-10-8-6-4-2)38-60-62(58,59)61-48-46(56)44(54)43(53)45(55)47(48)57/h22-23,25,28,34,36,39-41,43-48,50-51,53-57H,3-21,24,26-27,29-33,35,37-38H2,1-2H3,(H,49,52)(H,58,59)/b23-22-,28-25+,36-34+. The van der Waals surface area contributed by atoms with E-state index >= 15 is 0 Å². The molecule has 0 aromatic carbocycles. The van der Waals surface area contributed by atoms with Crippen molar-refractivity contribution in [1.82, 2.24) is 5.32 Å². The van der Waals surface area contributed by atoms with Crippen LogP contribution in [0.3, 0.4) is 0 Å². The van der Waals surface area contributed by atoms with Crippen molar-refractivity contribution in [3.63, 3.8) is 0 Å². The molecular formula is C48H90NO12P. The largest absolute Gasteiger partial charge is 0.472 e. The highest BCUT2D eigenvalue weighted by atomic mass is 31.2. The molecule has 62 heavy (non-hydrogen) atoms. The zero-order valence-electron chi connectivity index (χ0n) is 38.5. The molecule has 364 valence electrons. The Labute approximate surface area is 375 Å². The first-order valence-electron chi connectivity index (χ1n) is 24.5. The molecule has 1 saturated carbocycles. The summed E-state index contributed by atoms with van der Waals surface area (Å²) < 4.78 is 22.8. The number of aliphatic hydroxyl groups is 7. The van der Waals surface area contributed by atoms with Gasteiger partial charge < -0.3 is 46.0 Å². The fraction of sp³-hybridized carbons (Fsp3) is 0.854. The number of phosphoric acid groups is 1. The molecule has 0 spiro atoms. The van der Waals surface area contributed by atoms with Crippen LogP contribution in [-0.4, -0.2) is 108 Å². The maximum Gasteiger partial charge on any atom is 0.472 e. The second kappa shape index (κ2) is 37.7. The van der Waals surface area contributed by atoms with Gasteiger partial charge >= 0.3 is 7.82 Å². The molecule has 14 heteroatoms. The minimum atomic E-state index is -5.15. The van der Waals surface area contributed by atoms with Crippen LogP contribution in [0.4, 0.5) is 0 Å². The average Bonchev–Trinajstić information content (AvgIpc) is 3.24. The summed E-state index contributed by atoms with van der Waals surface area (Å²) in [5.74, 6) is -0.609. The third-order valence-corrected chi connectivity index (χ3v) is 12.7. The summed E-state index contributed by atoms with van der Waals surface area (Å²) in [6, 6.07) is -1.26. The number of hydrogen-bond acceptors (Lipinski definition) is 11. The number of unbranched alkanes of at least 4 members (excludes halogenated alkanes) is 23. The van der Waals surface area contributed by atoms with Crippen molar-refractivity contribution in [2.75, 3.05) is 6.61 Å². The van der Waals surface area contributed by atoms with Crippen molar-refractivity contribution >= 4 is 13.7 Å². The molecule has 0 heterocycles. The Bertz CT molecular complexity index is 1200. The van der Waals surface area contributed by atoms with Gasteiger partial charge in [0.05, 0.1) is 31.3 Å². The number of phosphoric ester groups is 1. The van der Waals surface area contributed by atoms with Gasteiger partial charge in [-0.3, -0.25) is 13.8 Å². The number of hydrogen-bond donors (Lipinski definition) is 9. The summed E-state index contributed by atoms with van der Waals surface area (Å²) in [6.07, 6.45) is 29.7. The van der Waals surface area contributed by atoms with E-state index in [4.69, 9.17) is 9.05 Å². The van der Waals surface area contributed by atoms with Gasteiger partial charge in [-0.1, -0.05) is 172 Å². The lowest BCUT2D eigenvalue weighted by atomic mass is 9.85. The minimum Gasteiger partial charge on any atom is -0.393 e. The highest BCUT2D eigenvalue weighted by molar-refractivity contribution is 7.47. The molecule has 1 fully saturated rings. The second-order valence-electron chi connectivity index (χ2n) is 17.5. The molecular weight excluding hydrogens is 813 g/mol. The van der Waals surface area contributed by atoms with Crippen molar-refractivity contribution in [1.29, 1.82) is 0 Å². The number of rotatable bonds is 40. The van der Waals surface area contributed by atoms with Crippen LogP contribution in [0.1, 0.15) is 200 Å². The number of carbonyl (C=O) groups excluding carboxylic acids is 1. The van der Waals surface area contributed by atoms with E-state index in [0.717, 1.165) is 64.2 Å². The van der Waals surface area contributed by atoms with Crippen molar-refractivity contribution in [2.45, 2.75) is 255 Å². The Morgan fingerprint density at radius 3 is 1.42 bits per heavy atom. The van der Waals surface area contributed by atoms with Crippen molar-refractivity contribution < 1.29 is 59.0 Å². The van der Waals surface area contributed by atoms with E-state index in [0.29, 0.717) is 12.8 Å². The van der Waals surface area contributed by atoms with Gasteiger partial charge in [0.1, 0.15) is 36.6 Å². The molecule has 9 N–H and O–H groups in total. The predicted octanol–water partition coefficient (Wildman–Crippen LogP) is 8.53.